The maximum absolute atomic E-state index is 6.12. The van der Waals surface area contributed by atoms with E-state index < -0.39 is 0 Å². The van der Waals surface area contributed by atoms with Crippen molar-refractivity contribution in [1.82, 2.24) is 0 Å². The van der Waals surface area contributed by atoms with Gasteiger partial charge in [-0.1, -0.05) is 35.3 Å². The van der Waals surface area contributed by atoms with Crippen molar-refractivity contribution in [3.63, 3.8) is 0 Å². The number of hydrogen-bond acceptors (Lipinski definition) is 0. The van der Waals surface area contributed by atoms with Crippen LogP contribution in [0.1, 0.15) is 24.5 Å². The molecular formula is C11H10Cl2. The van der Waals surface area contributed by atoms with Crippen molar-refractivity contribution in [2.45, 2.75) is 19.8 Å². The zero-order valence-corrected chi connectivity index (χ0v) is 8.91. The molecule has 0 saturated carbocycles. The summed E-state index contributed by atoms with van der Waals surface area (Å²) in [6, 6.07) is 3.92. The lowest BCUT2D eigenvalue weighted by molar-refractivity contribution is 0.975. The van der Waals surface area contributed by atoms with Crippen molar-refractivity contribution in [1.29, 1.82) is 0 Å². The molecule has 1 aliphatic carbocycles. The molecule has 68 valence electrons. The van der Waals surface area contributed by atoms with E-state index in [-0.39, 0.29) is 0 Å². The zero-order chi connectivity index (χ0) is 9.42. The number of hydrogen-bond donors (Lipinski definition) is 0. The lowest BCUT2D eigenvalue weighted by Crippen LogP contribution is -1.98. The average Bonchev–Trinajstić information content (AvgIpc) is 2.12. The maximum atomic E-state index is 6.12. The summed E-state index contributed by atoms with van der Waals surface area (Å²) in [5.74, 6) is 0. The van der Waals surface area contributed by atoms with Gasteiger partial charge in [-0.2, -0.15) is 0 Å². The molecule has 0 fully saturated rings. The minimum absolute atomic E-state index is 0.662. The van der Waals surface area contributed by atoms with Gasteiger partial charge in [0.1, 0.15) is 0 Å². The van der Waals surface area contributed by atoms with Crippen molar-refractivity contribution in [3.05, 3.63) is 39.4 Å². The third-order valence-electron chi connectivity index (χ3n) is 2.47. The first-order valence-electron chi connectivity index (χ1n) is 4.34. The van der Waals surface area contributed by atoms with Gasteiger partial charge >= 0.3 is 0 Å². The number of fused-ring (bicyclic) bond motifs is 1. The predicted molar refractivity (Wildman–Crippen MR) is 58.4 cm³/mol. The Morgan fingerprint density at radius 1 is 1.23 bits per heavy atom. The maximum Gasteiger partial charge on any atom is 0.0630 e. The highest BCUT2D eigenvalue weighted by molar-refractivity contribution is 6.42. The third-order valence-corrected chi connectivity index (χ3v) is 3.31. The van der Waals surface area contributed by atoms with Crippen LogP contribution >= 0.6 is 23.2 Å². The highest BCUT2D eigenvalue weighted by Gasteiger charge is 2.14. The van der Waals surface area contributed by atoms with Crippen LogP contribution in [0.4, 0.5) is 0 Å². The zero-order valence-electron chi connectivity index (χ0n) is 7.40. The Morgan fingerprint density at radius 2 is 2.00 bits per heavy atom. The van der Waals surface area contributed by atoms with Crippen molar-refractivity contribution >= 4 is 28.8 Å². The average molecular weight is 213 g/mol. The van der Waals surface area contributed by atoms with Gasteiger partial charge in [0, 0.05) is 0 Å². The van der Waals surface area contributed by atoms with E-state index in [4.69, 9.17) is 23.2 Å². The molecule has 0 saturated heterocycles. The fraction of sp³-hybridized carbons (Fsp3) is 0.273. The van der Waals surface area contributed by atoms with E-state index in [9.17, 15) is 0 Å². The lowest BCUT2D eigenvalue weighted by atomic mass is 9.92. The number of benzene rings is 1. The second-order valence-corrected chi connectivity index (χ2v) is 4.10. The van der Waals surface area contributed by atoms with E-state index in [1.165, 1.54) is 16.7 Å². The molecule has 2 heteroatoms. The summed E-state index contributed by atoms with van der Waals surface area (Å²) in [7, 11) is 0. The van der Waals surface area contributed by atoms with Crippen LogP contribution in [-0.2, 0) is 6.42 Å². The molecule has 0 nitrogen and oxygen atoms in total. The summed E-state index contributed by atoms with van der Waals surface area (Å²) in [6.07, 6.45) is 4.32. The van der Waals surface area contributed by atoms with Gasteiger partial charge in [0.25, 0.3) is 0 Å². The summed E-state index contributed by atoms with van der Waals surface area (Å²) in [6.45, 7) is 2.11. The quantitative estimate of drug-likeness (QED) is 0.601. The molecule has 1 aliphatic rings. The smallest absolute Gasteiger partial charge is 0.0630 e. The molecule has 0 radical (unpaired) electrons. The first kappa shape index (κ1) is 9.11. The Morgan fingerprint density at radius 3 is 2.77 bits per heavy atom. The molecule has 0 heterocycles. The van der Waals surface area contributed by atoms with Crippen LogP contribution in [0.15, 0.2) is 18.2 Å². The van der Waals surface area contributed by atoms with Crippen molar-refractivity contribution in [2.75, 3.05) is 0 Å². The van der Waals surface area contributed by atoms with Crippen molar-refractivity contribution in [3.8, 4) is 0 Å². The largest absolute Gasteiger partial charge is 0.0827 e. The topological polar surface area (TPSA) is 0 Å². The first-order chi connectivity index (χ1) is 6.20. The van der Waals surface area contributed by atoms with Crippen LogP contribution in [0.25, 0.3) is 5.57 Å². The molecule has 2 rings (SSSR count). The van der Waals surface area contributed by atoms with Crippen molar-refractivity contribution < 1.29 is 0 Å². The molecule has 0 N–H and O–H groups in total. The molecule has 1 aromatic carbocycles. The highest BCUT2D eigenvalue weighted by Crippen LogP contribution is 2.35. The van der Waals surface area contributed by atoms with E-state index in [1.54, 1.807) is 0 Å². The molecular weight excluding hydrogens is 203 g/mol. The summed E-state index contributed by atoms with van der Waals surface area (Å²) >= 11 is 12.1. The number of halogens is 2. The Hall–Kier alpha value is -0.460. The Kier molecular flexibility index (Phi) is 2.35. The molecule has 0 bridgehead atoms. The standard InChI is InChI=1S/C11H10Cl2/c1-7-3-2-4-9-8(7)5-6-10(12)11(9)13/h3,5-6H,2,4H2,1H3. The highest BCUT2D eigenvalue weighted by atomic mass is 35.5. The van der Waals surface area contributed by atoms with Crippen LogP contribution in [0, 0.1) is 0 Å². The lowest BCUT2D eigenvalue weighted by Gasteiger charge is -2.16. The second kappa shape index (κ2) is 3.36. The molecule has 0 spiro atoms. The summed E-state index contributed by atoms with van der Waals surface area (Å²) < 4.78 is 0. The van der Waals surface area contributed by atoms with Gasteiger partial charge in [0.2, 0.25) is 0 Å². The summed E-state index contributed by atoms with van der Waals surface area (Å²) in [5, 5.41) is 1.39. The van der Waals surface area contributed by atoms with Crippen LogP contribution in [0.5, 0.6) is 0 Å². The molecule has 0 aliphatic heterocycles. The SMILES string of the molecule is CC1=CCCc2c1ccc(Cl)c2Cl. The first-order valence-corrected chi connectivity index (χ1v) is 5.10. The third kappa shape index (κ3) is 1.49. The van der Waals surface area contributed by atoms with Gasteiger partial charge in [-0.05, 0) is 42.5 Å². The molecule has 0 unspecified atom stereocenters. The van der Waals surface area contributed by atoms with Gasteiger partial charge in [-0.3, -0.25) is 0 Å². The van der Waals surface area contributed by atoms with Crippen LogP contribution in [0.3, 0.4) is 0 Å². The fourth-order valence-electron chi connectivity index (χ4n) is 1.75. The van der Waals surface area contributed by atoms with E-state index in [2.05, 4.69) is 19.1 Å². The molecule has 0 amide bonds. The fourth-order valence-corrected chi connectivity index (χ4v) is 2.19. The van der Waals surface area contributed by atoms with Crippen LogP contribution < -0.4 is 0 Å². The summed E-state index contributed by atoms with van der Waals surface area (Å²) in [4.78, 5) is 0. The number of rotatable bonds is 0. The predicted octanol–water partition coefficient (Wildman–Crippen LogP) is 4.34. The van der Waals surface area contributed by atoms with Gasteiger partial charge < -0.3 is 0 Å². The van der Waals surface area contributed by atoms with Crippen LogP contribution in [-0.4, -0.2) is 0 Å². The molecule has 0 atom stereocenters. The van der Waals surface area contributed by atoms with E-state index >= 15 is 0 Å². The Labute approximate surface area is 88.2 Å². The van der Waals surface area contributed by atoms with Crippen molar-refractivity contribution in [2.24, 2.45) is 0 Å². The van der Waals surface area contributed by atoms with E-state index in [0.717, 1.165) is 17.9 Å². The van der Waals surface area contributed by atoms with Crippen LogP contribution in [0.2, 0.25) is 10.0 Å². The van der Waals surface area contributed by atoms with E-state index in [0.29, 0.717) is 5.02 Å². The molecule has 0 aromatic heterocycles. The normalized spacial score (nSPS) is 15.2. The summed E-state index contributed by atoms with van der Waals surface area (Å²) in [5.41, 5.74) is 3.76. The Bertz CT molecular complexity index is 378. The van der Waals surface area contributed by atoms with Gasteiger partial charge in [0.15, 0.2) is 0 Å². The second-order valence-electron chi connectivity index (χ2n) is 3.31. The number of allylic oxidation sites excluding steroid dienone is 2. The molecule has 1 aromatic rings. The molecule has 13 heavy (non-hydrogen) atoms. The minimum Gasteiger partial charge on any atom is -0.0827 e. The van der Waals surface area contributed by atoms with Gasteiger partial charge in [0.05, 0.1) is 10.0 Å². The minimum atomic E-state index is 0.662. The van der Waals surface area contributed by atoms with E-state index in [1.807, 2.05) is 6.07 Å². The van der Waals surface area contributed by atoms with Gasteiger partial charge in [-0.15, -0.1) is 0 Å². The Balaban J connectivity index is 2.65. The van der Waals surface area contributed by atoms with Gasteiger partial charge in [-0.25, -0.2) is 0 Å². The monoisotopic (exact) mass is 212 g/mol.